The average Bonchev–Trinajstić information content (AvgIpc) is 0.722. The van der Waals surface area contributed by atoms with Crippen molar-refractivity contribution in [3.63, 3.8) is 0 Å². The van der Waals surface area contributed by atoms with E-state index in [0.717, 1.165) is 0 Å². The predicted molar refractivity (Wildman–Crippen MR) is 28.0 cm³/mol. The van der Waals surface area contributed by atoms with Crippen LogP contribution < -0.4 is 0 Å². The fourth-order valence-electron chi connectivity index (χ4n) is 0. The fourth-order valence-corrected chi connectivity index (χ4v) is 0. The first kappa shape index (κ1) is 5.80. The van der Waals surface area contributed by atoms with E-state index < -0.39 is 0 Å². The van der Waals surface area contributed by atoms with Crippen LogP contribution in [0.4, 0.5) is 0 Å². The van der Waals surface area contributed by atoms with Crippen LogP contribution in [0.2, 0.25) is 3.43 Å². The molecule has 32 valence electrons. The molecule has 0 bridgehead atoms. The van der Waals surface area contributed by atoms with Gasteiger partial charge in [-0.3, -0.25) is 0 Å². The van der Waals surface area contributed by atoms with Crippen LogP contribution in [0.15, 0.2) is 0 Å². The van der Waals surface area contributed by atoms with Gasteiger partial charge >= 0.3 is 46.7 Å². The van der Waals surface area contributed by atoms with Gasteiger partial charge in [-0.05, 0) is 0 Å². The minimum atomic E-state index is 0. The van der Waals surface area contributed by atoms with E-state index in [9.17, 15) is 0 Å². The molecule has 0 spiro atoms. The Morgan fingerprint density at radius 1 is 1.40 bits per heavy atom. The Kier molecular flexibility index (Phi) is 1.74. The van der Waals surface area contributed by atoms with Crippen LogP contribution in [0, 0.1) is 0 Å². The minimum absolute atomic E-state index is 0. The summed E-state index contributed by atoms with van der Waals surface area (Å²) < 4.78 is 0.630. The van der Waals surface area contributed by atoms with Crippen molar-refractivity contribution in [2.45, 2.75) is 24.2 Å². The zero-order valence-electron chi connectivity index (χ0n) is 5.08. The molecule has 0 saturated carbocycles. The summed E-state index contributed by atoms with van der Waals surface area (Å²) in [5, 5.41) is 0. The monoisotopic (exact) mass is 179 g/mol. The summed E-state index contributed by atoms with van der Waals surface area (Å²) >= 11 is 1.36. The summed E-state index contributed by atoms with van der Waals surface area (Å²) in [4.78, 5) is 0. The molecule has 0 saturated heterocycles. The van der Waals surface area contributed by atoms with E-state index in [-0.39, 0.29) is 1.43 Å². The van der Waals surface area contributed by atoms with Gasteiger partial charge in [0.2, 0.25) is 0 Å². The van der Waals surface area contributed by atoms with E-state index in [1.807, 2.05) is 0 Å². The second-order valence-corrected chi connectivity index (χ2v) is 7.31. The molecule has 0 unspecified atom stereocenters. The first-order chi connectivity index (χ1) is 2.00. The van der Waals surface area contributed by atoms with Crippen LogP contribution in [-0.4, -0.2) is 22.5 Å². The van der Waals surface area contributed by atoms with Crippen LogP contribution in [0.25, 0.3) is 0 Å². The number of rotatable bonds is 0. The van der Waals surface area contributed by atoms with Gasteiger partial charge in [0.15, 0.2) is 0 Å². The molecule has 0 atom stereocenters. The fraction of sp³-hybridized carbons (Fsp3) is 1.00. The first-order valence-electron chi connectivity index (χ1n) is 1.79. The van der Waals surface area contributed by atoms with Crippen molar-refractivity contribution in [2.75, 3.05) is 0 Å². The summed E-state index contributed by atoms with van der Waals surface area (Å²) in [6, 6.07) is 0. The van der Waals surface area contributed by atoms with E-state index in [1.165, 1.54) is 22.5 Å². The molecule has 0 amide bonds. The molecule has 0 heterocycles. The molecule has 0 N–H and O–H groups in total. The van der Waals surface area contributed by atoms with Crippen molar-refractivity contribution in [1.29, 1.82) is 0 Å². The topological polar surface area (TPSA) is 0 Å². The van der Waals surface area contributed by atoms with E-state index in [4.69, 9.17) is 0 Å². The van der Waals surface area contributed by atoms with Gasteiger partial charge in [-0.25, -0.2) is 0 Å². The van der Waals surface area contributed by atoms with Crippen LogP contribution in [0.3, 0.4) is 0 Å². The van der Waals surface area contributed by atoms with Gasteiger partial charge in [0.1, 0.15) is 0 Å². The Morgan fingerprint density at radius 2 is 1.40 bits per heavy atom. The molecule has 0 fully saturated rings. The summed E-state index contributed by atoms with van der Waals surface area (Å²) in [6.45, 7) is 6.74. The standard InChI is InChI=1S/C4H9.Sn.2H/c1-4(2)3;;;/h1-3H3;;;/q;;;-1. The Bertz CT molecular complexity index is 23.0. The maximum atomic E-state index is 2.25. The van der Waals surface area contributed by atoms with Crippen LogP contribution in [-0.2, 0) is 0 Å². The van der Waals surface area contributed by atoms with E-state index in [2.05, 4.69) is 20.8 Å². The summed E-state index contributed by atoms with van der Waals surface area (Å²) in [5.41, 5.74) is 0. The van der Waals surface area contributed by atoms with Gasteiger partial charge in [-0.15, -0.1) is 0 Å². The van der Waals surface area contributed by atoms with Crippen molar-refractivity contribution in [1.82, 2.24) is 0 Å². The Balaban J connectivity index is 0. The van der Waals surface area contributed by atoms with Gasteiger partial charge in [-0.1, -0.05) is 0 Å². The molecule has 0 aliphatic carbocycles. The molecule has 2 radical (unpaired) electrons. The van der Waals surface area contributed by atoms with Gasteiger partial charge in [0.25, 0.3) is 0 Å². The molecular formula is C4H11Sn-. The van der Waals surface area contributed by atoms with Gasteiger partial charge in [0, 0.05) is 0 Å². The predicted octanol–water partition coefficient (Wildman–Crippen LogP) is 1.22. The second-order valence-electron chi connectivity index (χ2n) is 2.37. The average molecular weight is 178 g/mol. The Morgan fingerprint density at radius 3 is 1.40 bits per heavy atom. The number of hydrogen-bond acceptors (Lipinski definition) is 0. The third kappa shape index (κ3) is 58.9. The van der Waals surface area contributed by atoms with Gasteiger partial charge < -0.3 is 1.43 Å². The Hall–Kier alpha value is 0.799. The third-order valence-corrected chi connectivity index (χ3v) is 0. The smallest absolute Gasteiger partial charge is 1.00 e. The molecule has 0 nitrogen and oxygen atoms in total. The largest absolute Gasteiger partial charge is 1.00 e. The third-order valence-electron chi connectivity index (χ3n) is 0. The van der Waals surface area contributed by atoms with Crippen LogP contribution >= 0.6 is 0 Å². The van der Waals surface area contributed by atoms with Crippen molar-refractivity contribution in [2.24, 2.45) is 0 Å². The maximum absolute atomic E-state index is 2.25. The molecular weight excluding hydrogens is 167 g/mol. The first-order valence-corrected chi connectivity index (χ1v) is 3.44. The number of hydrogen-bond donors (Lipinski definition) is 0. The molecule has 0 aliphatic heterocycles. The van der Waals surface area contributed by atoms with Crippen molar-refractivity contribution >= 4 is 22.5 Å². The minimum Gasteiger partial charge on any atom is -1.00 e. The molecule has 0 aliphatic rings. The summed E-state index contributed by atoms with van der Waals surface area (Å²) in [5.74, 6) is 0. The van der Waals surface area contributed by atoms with Gasteiger partial charge in [0.05, 0.1) is 0 Å². The quantitative estimate of drug-likeness (QED) is 0.489. The zero-order chi connectivity index (χ0) is 4.50. The molecule has 5 heavy (non-hydrogen) atoms. The van der Waals surface area contributed by atoms with Crippen LogP contribution in [0.1, 0.15) is 22.2 Å². The SMILES string of the molecule is C[C](C)(C)[SnH].[H-]. The maximum Gasteiger partial charge on any atom is -1.00 e. The summed E-state index contributed by atoms with van der Waals surface area (Å²) in [6.07, 6.45) is 0. The Labute approximate surface area is 48.5 Å². The van der Waals surface area contributed by atoms with Crippen molar-refractivity contribution < 1.29 is 1.43 Å². The van der Waals surface area contributed by atoms with E-state index >= 15 is 0 Å². The van der Waals surface area contributed by atoms with Gasteiger partial charge in [-0.2, -0.15) is 0 Å². The van der Waals surface area contributed by atoms with E-state index in [0.29, 0.717) is 3.43 Å². The molecule has 0 aromatic carbocycles. The molecule has 1 heteroatoms. The zero-order valence-corrected chi connectivity index (χ0v) is 7.37. The molecule has 0 aromatic heterocycles. The summed E-state index contributed by atoms with van der Waals surface area (Å²) in [7, 11) is 0. The van der Waals surface area contributed by atoms with Crippen molar-refractivity contribution in [3.05, 3.63) is 0 Å². The van der Waals surface area contributed by atoms with Crippen molar-refractivity contribution in [3.8, 4) is 0 Å². The normalized spacial score (nSPS) is 12.0. The molecule has 0 rings (SSSR count). The second kappa shape index (κ2) is 1.50. The van der Waals surface area contributed by atoms with Crippen LogP contribution in [0.5, 0.6) is 0 Å². The molecule has 0 aromatic rings. The van der Waals surface area contributed by atoms with E-state index in [1.54, 1.807) is 0 Å².